The summed E-state index contributed by atoms with van der Waals surface area (Å²) in [4.78, 5) is 88.6. The summed E-state index contributed by atoms with van der Waals surface area (Å²) in [5, 5.41) is 4.72. The zero-order chi connectivity index (χ0) is 26.4. The first kappa shape index (κ1) is 26.0. The van der Waals surface area contributed by atoms with Gasteiger partial charge in [0.2, 0.25) is 11.8 Å². The summed E-state index contributed by atoms with van der Waals surface area (Å²) in [5.41, 5.74) is 0.507. The van der Waals surface area contributed by atoms with Crippen LogP contribution in [-0.2, 0) is 28.8 Å². The Morgan fingerprint density at radius 3 is 2.36 bits per heavy atom. The van der Waals surface area contributed by atoms with Crippen LogP contribution in [-0.4, -0.2) is 66.7 Å². The minimum absolute atomic E-state index is 0.205. The molecule has 4 amide bonds. The molecule has 0 fully saturated rings. The van der Waals surface area contributed by atoms with Gasteiger partial charge in [0.25, 0.3) is 17.6 Å². The van der Waals surface area contributed by atoms with Crippen molar-refractivity contribution in [3.63, 3.8) is 0 Å². The van der Waals surface area contributed by atoms with Crippen LogP contribution >= 0.6 is 0 Å². The van der Waals surface area contributed by atoms with Gasteiger partial charge in [0.05, 0.1) is 30.2 Å². The molecule has 0 saturated heterocycles. The molecule has 188 valence electrons. The summed E-state index contributed by atoms with van der Waals surface area (Å²) in [6, 6.07) is 6.55. The van der Waals surface area contributed by atoms with Gasteiger partial charge in [-0.1, -0.05) is 12.1 Å². The summed E-state index contributed by atoms with van der Waals surface area (Å²) in [7, 11) is 0. The molecule has 0 spiro atoms. The highest BCUT2D eigenvalue weighted by molar-refractivity contribution is 6.42. The Bertz CT molecular complexity index is 1210. The molecule has 0 aliphatic carbocycles. The number of furan rings is 1. The van der Waals surface area contributed by atoms with Crippen LogP contribution in [0.1, 0.15) is 30.8 Å². The van der Waals surface area contributed by atoms with Gasteiger partial charge >= 0.3 is 0 Å². The van der Waals surface area contributed by atoms with Crippen molar-refractivity contribution in [2.75, 3.05) is 22.9 Å². The average molecular weight is 496 g/mol. The number of benzene rings is 1. The maximum absolute atomic E-state index is 13.5. The van der Waals surface area contributed by atoms with E-state index >= 15 is 0 Å². The van der Waals surface area contributed by atoms with Crippen LogP contribution in [0.4, 0.5) is 11.4 Å². The average Bonchev–Trinajstić information content (AvgIpc) is 3.35. The molecular weight excluding hydrogens is 472 g/mol. The zero-order valence-electron chi connectivity index (χ0n) is 19.6. The smallest absolute Gasteiger partial charge is 0.296 e. The highest BCUT2D eigenvalue weighted by Crippen LogP contribution is 2.32. The molecule has 1 aliphatic rings. The van der Waals surface area contributed by atoms with E-state index in [0.717, 1.165) is 4.90 Å². The fourth-order valence-corrected chi connectivity index (χ4v) is 3.74. The van der Waals surface area contributed by atoms with Gasteiger partial charge in [0.1, 0.15) is 24.7 Å². The number of Topliss-reactive ketones (excluding diaryl/α,β-unsaturated/α-hetero) is 2. The van der Waals surface area contributed by atoms with E-state index in [4.69, 9.17) is 4.42 Å². The van der Waals surface area contributed by atoms with Crippen LogP contribution in [0.3, 0.4) is 0 Å². The number of nitrogens with one attached hydrogen (secondary N) is 2. The maximum atomic E-state index is 13.5. The predicted octanol–water partition coefficient (Wildman–Crippen LogP) is 0.00960. The van der Waals surface area contributed by atoms with E-state index in [-0.39, 0.29) is 30.2 Å². The number of hydrogen-bond donors (Lipinski definition) is 2. The van der Waals surface area contributed by atoms with Crippen molar-refractivity contribution in [1.82, 2.24) is 10.6 Å². The lowest BCUT2D eigenvalue weighted by Crippen LogP contribution is -2.55. The molecule has 0 unspecified atom stereocenters. The van der Waals surface area contributed by atoms with Crippen molar-refractivity contribution in [2.45, 2.75) is 32.4 Å². The van der Waals surface area contributed by atoms with Crippen molar-refractivity contribution in [3.8, 4) is 0 Å². The van der Waals surface area contributed by atoms with Crippen LogP contribution in [0.2, 0.25) is 0 Å². The third kappa shape index (κ3) is 5.90. The zero-order valence-corrected chi connectivity index (χ0v) is 19.6. The SMILES string of the molecule is CC(=O)C[C@@H](C=O)NC(=O)CN1C(=O)[C@@H](NC(=O)C(=O)c2ccco2)CN(C(C)=O)c2ccccc21. The molecule has 3 rings (SSSR count). The Labute approximate surface area is 205 Å². The molecule has 1 aromatic carbocycles. The first-order chi connectivity index (χ1) is 17.1. The Morgan fingerprint density at radius 1 is 1.08 bits per heavy atom. The second-order valence-corrected chi connectivity index (χ2v) is 8.09. The number of nitrogens with zero attached hydrogens (tertiary/aromatic N) is 2. The van der Waals surface area contributed by atoms with Gasteiger partial charge in [-0.15, -0.1) is 0 Å². The van der Waals surface area contributed by atoms with E-state index in [0.29, 0.717) is 12.0 Å². The minimum atomic E-state index is -1.39. The second-order valence-electron chi connectivity index (χ2n) is 8.09. The number of fused-ring (bicyclic) bond motifs is 1. The molecule has 36 heavy (non-hydrogen) atoms. The van der Waals surface area contributed by atoms with E-state index < -0.39 is 48.0 Å². The molecule has 2 heterocycles. The summed E-state index contributed by atoms with van der Waals surface area (Å²) >= 11 is 0. The van der Waals surface area contributed by atoms with E-state index in [1.165, 1.54) is 43.2 Å². The molecule has 1 aliphatic heterocycles. The van der Waals surface area contributed by atoms with Crippen LogP contribution in [0.5, 0.6) is 0 Å². The van der Waals surface area contributed by atoms with E-state index in [2.05, 4.69) is 10.6 Å². The summed E-state index contributed by atoms with van der Waals surface area (Å²) in [6.45, 7) is 1.65. The second kappa shape index (κ2) is 11.2. The molecule has 12 nitrogen and oxygen atoms in total. The number of carbonyl (C=O) groups excluding carboxylic acids is 7. The molecule has 1 aromatic heterocycles. The number of para-hydroxylation sites is 2. The predicted molar refractivity (Wildman–Crippen MR) is 125 cm³/mol. The van der Waals surface area contributed by atoms with Gasteiger partial charge in [0, 0.05) is 13.3 Å². The van der Waals surface area contributed by atoms with E-state index in [1.54, 1.807) is 18.2 Å². The summed E-state index contributed by atoms with van der Waals surface area (Å²) in [6.07, 6.45) is 1.41. The third-order valence-corrected chi connectivity index (χ3v) is 5.35. The van der Waals surface area contributed by atoms with Crippen molar-refractivity contribution in [1.29, 1.82) is 0 Å². The largest absolute Gasteiger partial charge is 0.461 e. The molecule has 2 aromatic rings. The lowest BCUT2D eigenvalue weighted by molar-refractivity contribution is -0.128. The lowest BCUT2D eigenvalue weighted by Gasteiger charge is -2.25. The maximum Gasteiger partial charge on any atom is 0.296 e. The Balaban J connectivity index is 1.92. The number of rotatable bonds is 9. The Kier molecular flexibility index (Phi) is 8.10. The molecule has 0 saturated carbocycles. The van der Waals surface area contributed by atoms with Crippen LogP contribution in [0.25, 0.3) is 0 Å². The Morgan fingerprint density at radius 2 is 1.78 bits per heavy atom. The lowest BCUT2D eigenvalue weighted by atomic mass is 10.1. The van der Waals surface area contributed by atoms with Gasteiger partial charge in [-0.25, -0.2) is 0 Å². The summed E-state index contributed by atoms with van der Waals surface area (Å²) < 4.78 is 4.94. The normalized spacial score (nSPS) is 15.8. The number of aldehydes is 1. The van der Waals surface area contributed by atoms with Crippen molar-refractivity contribution >= 4 is 52.9 Å². The number of ketones is 2. The number of hydrogen-bond acceptors (Lipinski definition) is 8. The quantitative estimate of drug-likeness (QED) is 0.279. The van der Waals surface area contributed by atoms with Gasteiger partial charge < -0.3 is 24.7 Å². The molecular formula is C24H24N4O8. The van der Waals surface area contributed by atoms with Gasteiger partial charge in [-0.3, -0.25) is 33.7 Å². The van der Waals surface area contributed by atoms with E-state index in [9.17, 15) is 33.6 Å². The van der Waals surface area contributed by atoms with Crippen LogP contribution in [0, 0.1) is 0 Å². The minimum Gasteiger partial charge on any atom is -0.461 e. The standard InChI is InChI=1S/C24H24N4O8/c1-14(30)10-16(13-29)25-21(32)12-28-19-7-4-3-6-18(19)27(15(2)31)11-17(24(28)35)26-23(34)22(33)20-8-5-9-36-20/h3-9,13,16-17H,10-12H2,1-2H3,(H,25,32)(H,26,34)/t16-,17-/m0/s1. The number of anilines is 2. The van der Waals surface area contributed by atoms with Crippen LogP contribution in [0.15, 0.2) is 47.1 Å². The summed E-state index contributed by atoms with van der Waals surface area (Å²) in [5.74, 6) is -4.66. The van der Waals surface area contributed by atoms with E-state index in [1.807, 2.05) is 0 Å². The topological polar surface area (TPSA) is 163 Å². The highest BCUT2D eigenvalue weighted by atomic mass is 16.3. The van der Waals surface area contributed by atoms with Crippen molar-refractivity contribution in [3.05, 3.63) is 48.4 Å². The van der Waals surface area contributed by atoms with Crippen molar-refractivity contribution in [2.24, 2.45) is 0 Å². The molecule has 2 atom stereocenters. The Hall–Kier alpha value is -4.61. The fraction of sp³-hybridized carbons (Fsp3) is 0.292. The first-order valence-corrected chi connectivity index (χ1v) is 10.9. The molecule has 0 radical (unpaired) electrons. The highest BCUT2D eigenvalue weighted by Gasteiger charge is 2.38. The van der Waals surface area contributed by atoms with Crippen molar-refractivity contribution < 1.29 is 38.0 Å². The third-order valence-electron chi connectivity index (χ3n) is 5.35. The molecule has 0 bridgehead atoms. The first-order valence-electron chi connectivity index (χ1n) is 10.9. The van der Waals surface area contributed by atoms with Gasteiger partial charge in [0.15, 0.2) is 5.76 Å². The van der Waals surface area contributed by atoms with Gasteiger partial charge in [-0.05, 0) is 31.2 Å². The fourth-order valence-electron chi connectivity index (χ4n) is 3.74. The van der Waals surface area contributed by atoms with Crippen LogP contribution < -0.4 is 20.4 Å². The monoisotopic (exact) mass is 496 g/mol. The molecule has 12 heteroatoms. The van der Waals surface area contributed by atoms with Gasteiger partial charge in [-0.2, -0.15) is 0 Å². The number of amides is 4. The number of carbonyl (C=O) groups is 7. The molecule has 2 N–H and O–H groups in total.